The van der Waals surface area contributed by atoms with Crippen molar-refractivity contribution in [1.82, 2.24) is 20.4 Å². The zero-order valence-electron chi connectivity index (χ0n) is 55.3. The fraction of sp³-hybridized carbons (Fsp3) is 0.632. The fourth-order valence-corrected chi connectivity index (χ4v) is 12.9. The van der Waals surface area contributed by atoms with Crippen LogP contribution in [0.4, 0.5) is 11.4 Å². The molecule has 0 radical (unpaired) electrons. The number of aromatic nitrogens is 4. The van der Waals surface area contributed by atoms with Gasteiger partial charge in [0.15, 0.2) is 23.0 Å². The van der Waals surface area contributed by atoms with Crippen molar-refractivity contribution in [3.8, 4) is 65.3 Å². The lowest BCUT2D eigenvalue weighted by molar-refractivity contribution is 0.258. The Kier molecular flexibility index (Phi) is 38.2. The van der Waals surface area contributed by atoms with E-state index in [9.17, 15) is 0 Å². The highest BCUT2D eigenvalue weighted by atomic mass is 32.1. The standard InChI is InChI=1S/C76H114N6O4S2/c1-5-9-13-17-21-25-29-33-37-41-57-83-69-55-49-65(61-71(69)85-59-43-39-35-31-27-23-19-15-11-7-3)75-81-79-73(87-75)63-45-51-67(52-46-63)77-78-68-53-47-64(48-54-68)74-80-82-76(88-74)66-50-56-70(84-58-42-38-34-30-26-22-18-14-10-6-2)72(62-66)86-60-44-40-36-32-28-24-20-16-12-8-4/h45-56,61-62H,5-44,57-60H2,1-4H3. The van der Waals surface area contributed by atoms with E-state index in [0.717, 1.165) is 102 Å². The summed E-state index contributed by atoms with van der Waals surface area (Å²) in [6.07, 6.45) is 52.0. The Morgan fingerprint density at radius 1 is 0.250 bits per heavy atom. The van der Waals surface area contributed by atoms with Crippen LogP contribution in [0.3, 0.4) is 0 Å². The van der Waals surface area contributed by atoms with E-state index in [1.165, 1.54) is 231 Å². The molecule has 0 aliphatic carbocycles. The van der Waals surface area contributed by atoms with E-state index in [2.05, 4.69) is 94.7 Å². The molecule has 0 N–H and O–H groups in total. The van der Waals surface area contributed by atoms with Crippen molar-refractivity contribution in [3.63, 3.8) is 0 Å². The van der Waals surface area contributed by atoms with Gasteiger partial charge >= 0.3 is 0 Å². The summed E-state index contributed by atoms with van der Waals surface area (Å²) in [5, 5.41) is 31.1. The molecular formula is C76H114N6O4S2. The van der Waals surface area contributed by atoms with Gasteiger partial charge in [-0.1, -0.05) is 282 Å². The molecule has 0 spiro atoms. The molecule has 0 bridgehead atoms. The first-order valence-electron chi connectivity index (χ1n) is 35.7. The van der Waals surface area contributed by atoms with Gasteiger partial charge in [0.1, 0.15) is 20.0 Å². The number of hydrogen-bond acceptors (Lipinski definition) is 12. The van der Waals surface area contributed by atoms with Crippen molar-refractivity contribution in [2.75, 3.05) is 26.4 Å². The largest absolute Gasteiger partial charge is 0.490 e. The second kappa shape index (κ2) is 46.8. The second-order valence-corrected chi connectivity index (χ2v) is 26.5. The number of unbranched alkanes of at least 4 members (excludes halogenated alkanes) is 36. The summed E-state index contributed by atoms with van der Waals surface area (Å²) in [5.74, 6) is 3.22. The van der Waals surface area contributed by atoms with Gasteiger partial charge in [0, 0.05) is 22.3 Å². The minimum Gasteiger partial charge on any atom is -0.490 e. The first-order valence-corrected chi connectivity index (χ1v) is 37.3. The average Bonchev–Trinajstić information content (AvgIpc) is 3.38. The summed E-state index contributed by atoms with van der Waals surface area (Å²) in [6, 6.07) is 28.5. The number of ether oxygens (including phenoxy) is 4. The number of azo groups is 1. The van der Waals surface area contributed by atoms with Crippen molar-refractivity contribution < 1.29 is 18.9 Å². The highest BCUT2D eigenvalue weighted by molar-refractivity contribution is 7.18. The van der Waals surface area contributed by atoms with Crippen molar-refractivity contribution >= 4 is 34.0 Å². The Morgan fingerprint density at radius 2 is 0.466 bits per heavy atom. The van der Waals surface area contributed by atoms with Gasteiger partial charge in [-0.15, -0.1) is 20.4 Å². The quantitative estimate of drug-likeness (QED) is 0.0274. The SMILES string of the molecule is CCCCCCCCCCCCOc1ccc(-c2nnc(-c3ccc(N=Nc4ccc(-c5nnc(-c6ccc(OCCCCCCCCCCCC)c(OCCCCCCCCCCCC)c6)s5)cc4)cc3)s2)cc1OCCCCCCCCCCCC. The molecule has 0 saturated heterocycles. The molecule has 0 unspecified atom stereocenters. The van der Waals surface area contributed by atoms with Gasteiger partial charge in [0.2, 0.25) is 0 Å². The molecule has 484 valence electrons. The van der Waals surface area contributed by atoms with E-state index < -0.39 is 0 Å². The summed E-state index contributed by atoms with van der Waals surface area (Å²) in [4.78, 5) is 0. The smallest absolute Gasteiger partial charge is 0.161 e. The number of hydrogen-bond donors (Lipinski definition) is 0. The molecule has 0 fully saturated rings. The summed E-state index contributed by atoms with van der Waals surface area (Å²) in [5.41, 5.74) is 5.44. The average molecular weight is 1240 g/mol. The van der Waals surface area contributed by atoms with Gasteiger partial charge in [0.25, 0.3) is 0 Å². The van der Waals surface area contributed by atoms with E-state index in [4.69, 9.17) is 18.9 Å². The predicted octanol–water partition coefficient (Wildman–Crippen LogP) is 25.7. The number of nitrogens with zero attached hydrogens (tertiary/aromatic N) is 6. The minimum atomic E-state index is 0.680. The first-order chi connectivity index (χ1) is 43.6. The lowest BCUT2D eigenvalue weighted by atomic mass is 10.1. The molecule has 0 amide bonds. The second-order valence-electron chi connectivity index (χ2n) is 24.6. The zero-order valence-corrected chi connectivity index (χ0v) is 57.0. The Morgan fingerprint density at radius 3 is 0.727 bits per heavy atom. The van der Waals surface area contributed by atoms with Crippen LogP contribution in [-0.2, 0) is 0 Å². The van der Waals surface area contributed by atoms with Crippen LogP contribution in [0, 0.1) is 0 Å². The number of benzene rings is 4. The van der Waals surface area contributed by atoms with Crippen LogP contribution in [0.5, 0.6) is 23.0 Å². The van der Waals surface area contributed by atoms with Crippen molar-refractivity contribution in [2.24, 2.45) is 10.2 Å². The van der Waals surface area contributed by atoms with Gasteiger partial charge in [-0.05, 0) is 111 Å². The highest BCUT2D eigenvalue weighted by Crippen LogP contribution is 2.39. The molecule has 0 saturated carbocycles. The summed E-state index contributed by atoms with van der Waals surface area (Å²) < 4.78 is 25.8. The Labute approximate surface area is 541 Å². The van der Waals surface area contributed by atoms with E-state index in [0.29, 0.717) is 26.4 Å². The van der Waals surface area contributed by atoms with Crippen molar-refractivity contribution in [2.45, 2.75) is 285 Å². The lowest BCUT2D eigenvalue weighted by Crippen LogP contribution is -2.03. The van der Waals surface area contributed by atoms with Crippen LogP contribution >= 0.6 is 22.7 Å². The summed E-state index contributed by atoms with van der Waals surface area (Å²) in [7, 11) is 0. The highest BCUT2D eigenvalue weighted by Gasteiger charge is 2.16. The first kappa shape index (κ1) is 71.9. The van der Waals surface area contributed by atoms with Gasteiger partial charge in [-0.2, -0.15) is 10.2 Å². The van der Waals surface area contributed by atoms with Crippen LogP contribution in [0.25, 0.3) is 42.3 Å². The van der Waals surface area contributed by atoms with Gasteiger partial charge in [-0.3, -0.25) is 0 Å². The molecule has 6 rings (SSSR count). The van der Waals surface area contributed by atoms with Crippen LogP contribution in [-0.4, -0.2) is 46.8 Å². The molecule has 4 aromatic carbocycles. The maximum atomic E-state index is 6.48. The maximum absolute atomic E-state index is 6.48. The maximum Gasteiger partial charge on any atom is 0.161 e. The molecule has 2 aromatic heterocycles. The molecule has 0 aliphatic heterocycles. The van der Waals surface area contributed by atoms with E-state index in [1.54, 1.807) is 22.7 Å². The molecular weight excluding hydrogens is 1130 g/mol. The van der Waals surface area contributed by atoms with Crippen LogP contribution in [0.15, 0.2) is 95.2 Å². The van der Waals surface area contributed by atoms with E-state index >= 15 is 0 Å². The predicted molar refractivity (Wildman–Crippen MR) is 375 cm³/mol. The fourth-order valence-electron chi connectivity index (χ4n) is 11.2. The third kappa shape index (κ3) is 29.6. The van der Waals surface area contributed by atoms with Gasteiger partial charge in [0.05, 0.1) is 37.8 Å². The Balaban J connectivity index is 0.995. The van der Waals surface area contributed by atoms with Gasteiger partial charge < -0.3 is 18.9 Å². The van der Waals surface area contributed by atoms with Crippen molar-refractivity contribution in [1.29, 1.82) is 0 Å². The third-order valence-corrected chi connectivity index (χ3v) is 18.8. The van der Waals surface area contributed by atoms with E-state index in [-0.39, 0.29) is 0 Å². The monoisotopic (exact) mass is 1240 g/mol. The van der Waals surface area contributed by atoms with Crippen LogP contribution in [0.1, 0.15) is 285 Å². The molecule has 88 heavy (non-hydrogen) atoms. The Hall–Kier alpha value is -5.20. The van der Waals surface area contributed by atoms with Crippen LogP contribution < -0.4 is 18.9 Å². The van der Waals surface area contributed by atoms with Crippen molar-refractivity contribution in [3.05, 3.63) is 84.9 Å². The van der Waals surface area contributed by atoms with E-state index in [1.807, 2.05) is 48.5 Å². The molecule has 12 heteroatoms. The summed E-state index contributed by atoms with van der Waals surface area (Å²) >= 11 is 3.15. The molecule has 0 atom stereocenters. The third-order valence-electron chi connectivity index (χ3n) is 16.8. The molecule has 6 aromatic rings. The topological polar surface area (TPSA) is 113 Å². The van der Waals surface area contributed by atoms with Crippen LogP contribution in [0.2, 0.25) is 0 Å². The Bertz CT molecular complexity index is 2520. The minimum absolute atomic E-state index is 0.680. The summed E-state index contributed by atoms with van der Waals surface area (Å²) in [6.45, 7) is 11.9. The normalized spacial score (nSPS) is 11.5. The molecule has 10 nitrogen and oxygen atoms in total. The van der Waals surface area contributed by atoms with Gasteiger partial charge in [-0.25, -0.2) is 0 Å². The number of rotatable bonds is 54. The molecule has 0 aliphatic rings. The lowest BCUT2D eigenvalue weighted by Gasteiger charge is -2.14. The zero-order chi connectivity index (χ0) is 61.6. The molecule has 2 heterocycles.